The highest BCUT2D eigenvalue weighted by Gasteiger charge is 2.37. The summed E-state index contributed by atoms with van der Waals surface area (Å²) in [6, 6.07) is 5.04. The lowest BCUT2D eigenvalue weighted by Gasteiger charge is -2.24. The fraction of sp³-hybridized carbons (Fsp3) is 0.588. The Morgan fingerprint density at radius 2 is 2.00 bits per heavy atom. The van der Waals surface area contributed by atoms with Crippen molar-refractivity contribution in [2.45, 2.75) is 49.1 Å². The third kappa shape index (κ3) is 5.40. The number of carbonyl (C=O) groups is 1. The summed E-state index contributed by atoms with van der Waals surface area (Å²) in [6.45, 7) is 0.164. The molecular weight excluding hydrogens is 408 g/mol. The van der Waals surface area contributed by atoms with E-state index in [4.69, 9.17) is 0 Å². The largest absolute Gasteiger partial charge is 0.353 e. The van der Waals surface area contributed by atoms with Crippen molar-refractivity contribution in [3.8, 4) is 0 Å². The molecular formula is C17H25ClN4O5S. The van der Waals surface area contributed by atoms with Crippen LogP contribution in [0.1, 0.15) is 32.1 Å². The van der Waals surface area contributed by atoms with Gasteiger partial charge in [-0.15, -0.1) is 12.4 Å². The number of nitro groups is 1. The molecule has 1 saturated carbocycles. The number of halogens is 1. The number of non-ortho nitro benzene ring substituents is 1. The molecule has 0 spiro atoms. The van der Waals surface area contributed by atoms with Crippen molar-refractivity contribution in [2.75, 3.05) is 13.1 Å². The standard InChI is InChI=1S/C17H24N4O5S.ClH/c22-17(16-10-12-4-1-2-7-15(12)20-16)18-8-9-19-27(25,26)14-6-3-5-13(11-14)21(23)24;/h3,5-6,11-12,15-16,19-20H,1-2,4,7-10H2,(H,18,22);1H. The number of nitrogens with one attached hydrogen (secondary N) is 3. The maximum absolute atomic E-state index is 12.3. The average Bonchev–Trinajstić information content (AvgIpc) is 3.09. The molecule has 0 radical (unpaired) electrons. The topological polar surface area (TPSA) is 130 Å². The van der Waals surface area contributed by atoms with Crippen LogP contribution in [0.2, 0.25) is 0 Å². The maximum atomic E-state index is 12.3. The molecule has 1 amide bonds. The number of hydrogen-bond donors (Lipinski definition) is 3. The predicted molar refractivity (Wildman–Crippen MR) is 106 cm³/mol. The van der Waals surface area contributed by atoms with E-state index in [1.54, 1.807) is 0 Å². The van der Waals surface area contributed by atoms with Gasteiger partial charge in [-0.3, -0.25) is 14.9 Å². The van der Waals surface area contributed by atoms with E-state index in [9.17, 15) is 23.3 Å². The second-order valence-corrected chi connectivity index (χ2v) is 8.82. The van der Waals surface area contributed by atoms with Crippen LogP contribution in [-0.4, -0.2) is 44.4 Å². The number of amides is 1. The number of rotatable bonds is 7. The van der Waals surface area contributed by atoms with E-state index in [0.29, 0.717) is 12.0 Å². The van der Waals surface area contributed by atoms with Gasteiger partial charge >= 0.3 is 0 Å². The first-order valence-corrected chi connectivity index (χ1v) is 10.6. The molecule has 3 atom stereocenters. The van der Waals surface area contributed by atoms with Crippen LogP contribution in [0.25, 0.3) is 0 Å². The summed E-state index contributed by atoms with van der Waals surface area (Å²) in [4.78, 5) is 22.2. The number of carbonyl (C=O) groups excluding carboxylic acids is 1. The summed E-state index contributed by atoms with van der Waals surface area (Å²) in [5.41, 5.74) is -0.292. The van der Waals surface area contributed by atoms with Crippen molar-refractivity contribution in [1.29, 1.82) is 0 Å². The lowest BCUT2D eigenvalue weighted by molar-refractivity contribution is -0.385. The fourth-order valence-electron chi connectivity index (χ4n) is 3.86. The first kappa shape index (κ1) is 22.5. The first-order valence-electron chi connectivity index (χ1n) is 9.15. The van der Waals surface area contributed by atoms with Gasteiger partial charge in [0.1, 0.15) is 0 Å². The SMILES string of the molecule is Cl.O=C(NCCNS(=O)(=O)c1cccc([N+](=O)[O-])c1)C1CC2CCCCC2N1. The van der Waals surface area contributed by atoms with Crippen molar-refractivity contribution >= 4 is 34.0 Å². The van der Waals surface area contributed by atoms with Gasteiger partial charge in [0.05, 0.1) is 15.9 Å². The maximum Gasteiger partial charge on any atom is 0.270 e. The van der Waals surface area contributed by atoms with Gasteiger partial charge in [-0.25, -0.2) is 13.1 Å². The summed E-state index contributed by atoms with van der Waals surface area (Å²) in [7, 11) is -3.87. The number of fused-ring (bicyclic) bond motifs is 1. The quantitative estimate of drug-likeness (QED) is 0.338. The molecule has 0 aromatic heterocycles. The summed E-state index contributed by atoms with van der Waals surface area (Å²) in [5, 5.41) is 16.9. The van der Waals surface area contributed by atoms with Crippen LogP contribution < -0.4 is 15.4 Å². The van der Waals surface area contributed by atoms with Gasteiger partial charge in [0, 0.05) is 31.3 Å². The average molecular weight is 433 g/mol. The van der Waals surface area contributed by atoms with Crippen LogP contribution in [0.15, 0.2) is 29.2 Å². The number of hydrogen-bond acceptors (Lipinski definition) is 6. The third-order valence-corrected chi connectivity index (χ3v) is 6.69. The molecule has 3 rings (SSSR count). The summed E-state index contributed by atoms with van der Waals surface area (Å²) in [5.74, 6) is 0.445. The zero-order chi connectivity index (χ0) is 19.4. The molecule has 11 heteroatoms. The van der Waals surface area contributed by atoms with Gasteiger partial charge in [0.15, 0.2) is 0 Å². The van der Waals surface area contributed by atoms with Crippen molar-refractivity contribution in [2.24, 2.45) is 5.92 Å². The fourth-order valence-corrected chi connectivity index (χ4v) is 4.93. The Hall–Kier alpha value is -1.75. The molecule has 28 heavy (non-hydrogen) atoms. The minimum Gasteiger partial charge on any atom is -0.353 e. The zero-order valence-corrected chi connectivity index (χ0v) is 16.9. The minimum atomic E-state index is -3.87. The van der Waals surface area contributed by atoms with Crippen LogP contribution in [-0.2, 0) is 14.8 Å². The summed E-state index contributed by atoms with van der Waals surface area (Å²) >= 11 is 0. The molecule has 0 bridgehead atoms. The van der Waals surface area contributed by atoms with Gasteiger partial charge < -0.3 is 10.6 Å². The van der Waals surface area contributed by atoms with Gasteiger partial charge in [0.2, 0.25) is 15.9 Å². The molecule has 1 aliphatic heterocycles. The first-order chi connectivity index (χ1) is 12.9. The van der Waals surface area contributed by atoms with Crippen LogP contribution >= 0.6 is 12.4 Å². The smallest absolute Gasteiger partial charge is 0.270 e. The molecule has 1 aliphatic carbocycles. The van der Waals surface area contributed by atoms with E-state index in [1.165, 1.54) is 31.0 Å². The molecule has 1 saturated heterocycles. The Labute approximate surface area is 170 Å². The van der Waals surface area contributed by atoms with Crippen molar-refractivity contribution in [3.63, 3.8) is 0 Å². The molecule has 1 heterocycles. The second-order valence-electron chi connectivity index (χ2n) is 7.05. The van der Waals surface area contributed by atoms with Gasteiger partial charge in [-0.2, -0.15) is 0 Å². The van der Waals surface area contributed by atoms with E-state index < -0.39 is 14.9 Å². The molecule has 2 aliphatic rings. The molecule has 2 fully saturated rings. The van der Waals surface area contributed by atoms with Gasteiger partial charge in [-0.1, -0.05) is 18.9 Å². The van der Waals surface area contributed by atoms with E-state index >= 15 is 0 Å². The zero-order valence-electron chi connectivity index (χ0n) is 15.3. The van der Waals surface area contributed by atoms with Crippen molar-refractivity contribution in [1.82, 2.24) is 15.4 Å². The summed E-state index contributed by atoms with van der Waals surface area (Å²) < 4.78 is 26.8. The van der Waals surface area contributed by atoms with Crippen molar-refractivity contribution in [3.05, 3.63) is 34.4 Å². The van der Waals surface area contributed by atoms with E-state index in [2.05, 4.69) is 15.4 Å². The Bertz CT molecular complexity index is 806. The van der Waals surface area contributed by atoms with Crippen LogP contribution in [0.3, 0.4) is 0 Å². The Kier molecular flexibility index (Phi) is 7.76. The Balaban J connectivity index is 0.00000280. The highest BCUT2D eigenvalue weighted by Crippen LogP contribution is 2.33. The highest BCUT2D eigenvalue weighted by molar-refractivity contribution is 7.89. The monoisotopic (exact) mass is 432 g/mol. The molecule has 1 aromatic carbocycles. The lowest BCUT2D eigenvalue weighted by atomic mass is 9.85. The van der Waals surface area contributed by atoms with E-state index in [0.717, 1.165) is 25.3 Å². The van der Waals surface area contributed by atoms with Gasteiger partial charge in [0.25, 0.3) is 5.69 Å². The van der Waals surface area contributed by atoms with Gasteiger partial charge in [-0.05, 0) is 31.2 Å². The molecule has 3 unspecified atom stereocenters. The second kappa shape index (κ2) is 9.64. The molecule has 156 valence electrons. The Morgan fingerprint density at radius 1 is 1.25 bits per heavy atom. The van der Waals surface area contributed by atoms with E-state index in [1.807, 2.05) is 0 Å². The molecule has 1 aromatic rings. The van der Waals surface area contributed by atoms with E-state index in [-0.39, 0.29) is 48.0 Å². The third-order valence-electron chi connectivity index (χ3n) is 5.23. The number of sulfonamides is 1. The minimum absolute atomic E-state index is 0. The summed E-state index contributed by atoms with van der Waals surface area (Å²) in [6.07, 6.45) is 5.51. The number of nitrogens with zero attached hydrogens (tertiary/aromatic N) is 1. The van der Waals surface area contributed by atoms with Crippen LogP contribution in [0, 0.1) is 16.0 Å². The molecule has 9 nitrogen and oxygen atoms in total. The highest BCUT2D eigenvalue weighted by atomic mass is 35.5. The van der Waals surface area contributed by atoms with Crippen molar-refractivity contribution < 1.29 is 18.1 Å². The number of nitro benzene ring substituents is 1. The Morgan fingerprint density at radius 3 is 2.71 bits per heavy atom. The predicted octanol–water partition coefficient (Wildman–Crippen LogP) is 1.33. The number of benzene rings is 1. The normalized spacial score (nSPS) is 24.1. The lowest BCUT2D eigenvalue weighted by Crippen LogP contribution is -2.45. The molecule has 3 N–H and O–H groups in total. The van der Waals surface area contributed by atoms with Crippen LogP contribution in [0.4, 0.5) is 5.69 Å². The van der Waals surface area contributed by atoms with Crippen LogP contribution in [0.5, 0.6) is 0 Å².